The fraction of sp³-hybridized carbons (Fsp3) is 0.654. The molecule has 4 rings (SSSR count). The number of hydrogen-bond acceptors (Lipinski definition) is 5. The summed E-state index contributed by atoms with van der Waals surface area (Å²) >= 11 is 0. The molecule has 4 unspecified atom stereocenters. The van der Waals surface area contributed by atoms with Crippen molar-refractivity contribution in [3.63, 3.8) is 0 Å². The second kappa shape index (κ2) is 8.40. The molecule has 0 N–H and O–H groups in total. The minimum Gasteiger partial charge on any atom is -0.449 e. The van der Waals surface area contributed by atoms with E-state index in [9.17, 15) is 14.4 Å². The lowest BCUT2D eigenvalue weighted by Gasteiger charge is -2.31. The number of carbonyl (C=O) groups is 3. The van der Waals surface area contributed by atoms with Crippen LogP contribution in [-0.2, 0) is 14.4 Å². The van der Waals surface area contributed by atoms with Gasteiger partial charge in [-0.2, -0.15) is 0 Å². The maximum atomic E-state index is 12.5. The molecular weight excluding hydrogens is 392 g/mol. The number of Topliss-reactive ketones (excluding diaryl/α,β-unsaturated/α-hetero) is 3. The molecule has 4 atom stereocenters. The second-order valence-corrected chi connectivity index (χ2v) is 10.1. The molecule has 1 aliphatic heterocycles. The lowest BCUT2D eigenvalue weighted by Crippen LogP contribution is -2.35. The lowest BCUT2D eigenvalue weighted by atomic mass is 9.71. The molecule has 31 heavy (non-hydrogen) atoms. The van der Waals surface area contributed by atoms with E-state index in [1.165, 1.54) is 11.1 Å². The third-order valence-electron chi connectivity index (χ3n) is 7.66. The monoisotopic (exact) mass is 426 g/mol. The predicted octanol–water partition coefficient (Wildman–Crippen LogP) is 5.13. The molecule has 2 aliphatic carbocycles. The summed E-state index contributed by atoms with van der Waals surface area (Å²) in [6, 6.07) is 4.01. The summed E-state index contributed by atoms with van der Waals surface area (Å²) in [6.45, 7) is 7.99. The summed E-state index contributed by atoms with van der Waals surface area (Å²) in [5.41, 5.74) is 2.33. The number of carbonyl (C=O) groups excluding carboxylic acids is 3. The average molecular weight is 427 g/mol. The molecule has 5 heteroatoms. The quantitative estimate of drug-likeness (QED) is 0.604. The van der Waals surface area contributed by atoms with Gasteiger partial charge in [0.1, 0.15) is 17.3 Å². The highest BCUT2D eigenvalue weighted by atomic mass is 16.7. The van der Waals surface area contributed by atoms with Crippen molar-refractivity contribution in [3.8, 4) is 11.5 Å². The highest BCUT2D eigenvalue weighted by Gasteiger charge is 2.48. The van der Waals surface area contributed by atoms with E-state index in [-0.39, 0.29) is 35.2 Å². The van der Waals surface area contributed by atoms with Crippen LogP contribution in [0.25, 0.3) is 0 Å². The Morgan fingerprint density at radius 1 is 1.10 bits per heavy atom. The fourth-order valence-electron chi connectivity index (χ4n) is 5.72. The standard InChI is InChI=1S/C26H34O5/c1-15-13-23-24(14-16(15)2)31-26(4,30-23)11-5-6-18(27)7-8-19-21-12-17(3)25(29)20(21)9-10-22(19)28/h13-14,17,19-21H,5-12H2,1-4H3. The minimum atomic E-state index is -0.740. The van der Waals surface area contributed by atoms with Gasteiger partial charge in [-0.15, -0.1) is 0 Å². The second-order valence-electron chi connectivity index (χ2n) is 10.1. The molecule has 0 bridgehead atoms. The normalized spacial score (nSPS) is 28.6. The van der Waals surface area contributed by atoms with Gasteiger partial charge < -0.3 is 9.47 Å². The van der Waals surface area contributed by atoms with Gasteiger partial charge in [0.05, 0.1) is 0 Å². The number of benzene rings is 1. The number of ketones is 3. The van der Waals surface area contributed by atoms with Crippen LogP contribution in [0.15, 0.2) is 12.1 Å². The number of ether oxygens (including phenoxy) is 2. The first kappa shape index (κ1) is 22.0. The summed E-state index contributed by atoms with van der Waals surface area (Å²) in [6.07, 6.45) is 4.78. The van der Waals surface area contributed by atoms with Crippen LogP contribution in [0.2, 0.25) is 0 Å². The Morgan fingerprint density at radius 3 is 2.39 bits per heavy atom. The van der Waals surface area contributed by atoms with Gasteiger partial charge in [0.15, 0.2) is 11.5 Å². The van der Waals surface area contributed by atoms with Crippen molar-refractivity contribution < 1.29 is 23.9 Å². The van der Waals surface area contributed by atoms with Crippen molar-refractivity contribution in [2.45, 2.75) is 84.8 Å². The van der Waals surface area contributed by atoms with Crippen LogP contribution in [0.5, 0.6) is 11.5 Å². The highest BCUT2D eigenvalue weighted by molar-refractivity contribution is 5.91. The van der Waals surface area contributed by atoms with Crippen molar-refractivity contribution in [1.29, 1.82) is 0 Å². The molecule has 2 saturated carbocycles. The van der Waals surface area contributed by atoms with E-state index < -0.39 is 5.79 Å². The Kier molecular flexibility index (Phi) is 5.97. The molecule has 1 aromatic rings. The number of fused-ring (bicyclic) bond motifs is 2. The highest BCUT2D eigenvalue weighted by Crippen LogP contribution is 2.46. The maximum Gasteiger partial charge on any atom is 0.248 e. The first-order valence-electron chi connectivity index (χ1n) is 11.7. The van der Waals surface area contributed by atoms with Gasteiger partial charge in [-0.05, 0) is 68.7 Å². The van der Waals surface area contributed by atoms with Gasteiger partial charge in [0.2, 0.25) is 5.79 Å². The van der Waals surface area contributed by atoms with Gasteiger partial charge >= 0.3 is 0 Å². The summed E-state index contributed by atoms with van der Waals surface area (Å²) in [7, 11) is 0. The third kappa shape index (κ3) is 4.42. The van der Waals surface area contributed by atoms with Crippen LogP contribution in [0.4, 0.5) is 0 Å². The van der Waals surface area contributed by atoms with Crippen LogP contribution in [0.1, 0.15) is 76.3 Å². The largest absolute Gasteiger partial charge is 0.449 e. The Balaban J connectivity index is 1.25. The predicted molar refractivity (Wildman–Crippen MR) is 117 cm³/mol. The van der Waals surface area contributed by atoms with E-state index in [0.29, 0.717) is 50.7 Å². The smallest absolute Gasteiger partial charge is 0.248 e. The summed E-state index contributed by atoms with van der Waals surface area (Å²) in [5, 5.41) is 0. The Labute approximate surface area is 184 Å². The first-order valence-corrected chi connectivity index (χ1v) is 11.7. The number of rotatable bonds is 7. The zero-order valence-corrected chi connectivity index (χ0v) is 19.2. The maximum absolute atomic E-state index is 12.5. The Bertz CT molecular complexity index is 870. The molecule has 0 spiro atoms. The molecule has 1 aromatic carbocycles. The van der Waals surface area contributed by atoms with Crippen molar-refractivity contribution in [2.75, 3.05) is 0 Å². The fourth-order valence-corrected chi connectivity index (χ4v) is 5.72. The summed E-state index contributed by atoms with van der Waals surface area (Å²) in [5.74, 6) is 1.68. The molecule has 3 aliphatic rings. The van der Waals surface area contributed by atoms with Crippen molar-refractivity contribution in [1.82, 2.24) is 0 Å². The van der Waals surface area contributed by atoms with E-state index in [2.05, 4.69) is 13.8 Å². The van der Waals surface area contributed by atoms with Crippen LogP contribution < -0.4 is 9.47 Å². The molecule has 168 valence electrons. The minimum absolute atomic E-state index is 0.0401. The third-order valence-corrected chi connectivity index (χ3v) is 7.66. The zero-order valence-electron chi connectivity index (χ0n) is 19.2. The van der Waals surface area contributed by atoms with Gasteiger partial charge in [-0.25, -0.2) is 0 Å². The number of hydrogen-bond donors (Lipinski definition) is 0. The van der Waals surface area contributed by atoms with Crippen LogP contribution in [-0.4, -0.2) is 23.1 Å². The summed E-state index contributed by atoms with van der Waals surface area (Å²) < 4.78 is 12.1. The first-order chi connectivity index (χ1) is 14.7. The van der Waals surface area contributed by atoms with E-state index in [4.69, 9.17) is 9.47 Å². The topological polar surface area (TPSA) is 69.7 Å². The Hall–Kier alpha value is -2.17. The van der Waals surface area contributed by atoms with Gasteiger partial charge in [-0.3, -0.25) is 14.4 Å². The van der Waals surface area contributed by atoms with Gasteiger partial charge in [-0.1, -0.05) is 6.92 Å². The van der Waals surface area contributed by atoms with E-state index in [1.807, 2.05) is 26.0 Å². The van der Waals surface area contributed by atoms with Crippen molar-refractivity contribution in [3.05, 3.63) is 23.3 Å². The number of aryl methyl sites for hydroxylation is 2. The van der Waals surface area contributed by atoms with Crippen LogP contribution >= 0.6 is 0 Å². The van der Waals surface area contributed by atoms with Crippen LogP contribution in [0, 0.1) is 37.5 Å². The summed E-state index contributed by atoms with van der Waals surface area (Å²) in [4.78, 5) is 37.4. The molecule has 5 nitrogen and oxygen atoms in total. The molecule has 2 fully saturated rings. The molecule has 0 saturated heterocycles. The van der Waals surface area contributed by atoms with Gasteiger partial charge in [0, 0.05) is 50.4 Å². The van der Waals surface area contributed by atoms with Crippen molar-refractivity contribution >= 4 is 17.3 Å². The zero-order chi connectivity index (χ0) is 22.3. The Morgan fingerprint density at radius 2 is 1.74 bits per heavy atom. The van der Waals surface area contributed by atoms with Crippen molar-refractivity contribution in [2.24, 2.45) is 23.7 Å². The molecular formula is C26H34O5. The van der Waals surface area contributed by atoms with E-state index in [0.717, 1.165) is 17.9 Å². The molecule has 0 aromatic heterocycles. The molecule has 1 heterocycles. The van der Waals surface area contributed by atoms with Gasteiger partial charge in [0.25, 0.3) is 0 Å². The average Bonchev–Trinajstić information content (AvgIpc) is 3.17. The lowest BCUT2D eigenvalue weighted by molar-refractivity contribution is -0.131. The van der Waals surface area contributed by atoms with E-state index >= 15 is 0 Å². The molecule has 0 amide bonds. The van der Waals surface area contributed by atoms with E-state index in [1.54, 1.807) is 0 Å². The SMILES string of the molecule is Cc1cc2c(cc1C)OC(C)(CCCC(=O)CCC1C(=O)CCC3C(=O)C(C)CC13)O2. The molecule has 0 radical (unpaired) electrons. The van der Waals surface area contributed by atoms with Crippen LogP contribution in [0.3, 0.4) is 0 Å².